The third-order valence-corrected chi connectivity index (χ3v) is 2.59. The molecular formula is C11H11NO4. The summed E-state index contributed by atoms with van der Waals surface area (Å²) in [5.41, 5.74) is 1.35. The fourth-order valence-electron chi connectivity index (χ4n) is 1.81. The van der Waals surface area contributed by atoms with E-state index in [1.54, 1.807) is 18.2 Å². The Hall–Kier alpha value is -2.04. The second-order valence-corrected chi connectivity index (χ2v) is 3.59. The zero-order valence-corrected chi connectivity index (χ0v) is 8.69. The van der Waals surface area contributed by atoms with Crippen LogP contribution in [-0.2, 0) is 9.59 Å². The molecule has 5 heteroatoms. The number of rotatable bonds is 3. The molecule has 1 unspecified atom stereocenters. The largest absolute Gasteiger partial charge is 0.497 e. The van der Waals surface area contributed by atoms with E-state index in [9.17, 15) is 9.59 Å². The monoisotopic (exact) mass is 221 g/mol. The van der Waals surface area contributed by atoms with Gasteiger partial charge in [0.1, 0.15) is 5.75 Å². The molecule has 0 saturated carbocycles. The maximum Gasteiger partial charge on any atom is 0.304 e. The molecule has 5 nitrogen and oxygen atoms in total. The first-order valence-electron chi connectivity index (χ1n) is 4.82. The topological polar surface area (TPSA) is 75.6 Å². The number of carboxylic acid groups (broad SMARTS) is 1. The molecule has 1 aromatic carbocycles. The molecule has 1 aromatic rings. The van der Waals surface area contributed by atoms with E-state index >= 15 is 0 Å². The van der Waals surface area contributed by atoms with Gasteiger partial charge in [-0.15, -0.1) is 0 Å². The zero-order valence-electron chi connectivity index (χ0n) is 8.69. The number of ether oxygens (including phenoxy) is 1. The fraction of sp³-hybridized carbons (Fsp3) is 0.273. The number of carboxylic acids is 1. The molecule has 2 N–H and O–H groups in total. The summed E-state index contributed by atoms with van der Waals surface area (Å²) in [5.74, 6) is -1.27. The summed E-state index contributed by atoms with van der Waals surface area (Å²) in [4.78, 5) is 22.2. The Balaban J connectivity index is 2.37. The molecule has 1 amide bonds. The van der Waals surface area contributed by atoms with Gasteiger partial charge in [0.25, 0.3) is 0 Å². The number of anilines is 1. The van der Waals surface area contributed by atoms with Gasteiger partial charge in [0.2, 0.25) is 5.91 Å². The van der Waals surface area contributed by atoms with Gasteiger partial charge >= 0.3 is 5.97 Å². The minimum absolute atomic E-state index is 0.202. The van der Waals surface area contributed by atoms with Crippen LogP contribution in [0.5, 0.6) is 5.75 Å². The second kappa shape index (κ2) is 3.84. The summed E-state index contributed by atoms with van der Waals surface area (Å²) < 4.78 is 5.04. The van der Waals surface area contributed by atoms with Crippen molar-refractivity contribution in [1.82, 2.24) is 0 Å². The molecule has 84 valence electrons. The van der Waals surface area contributed by atoms with E-state index < -0.39 is 11.9 Å². The highest BCUT2D eigenvalue weighted by molar-refractivity contribution is 6.04. The fourth-order valence-corrected chi connectivity index (χ4v) is 1.81. The van der Waals surface area contributed by atoms with Crippen LogP contribution in [0.4, 0.5) is 5.69 Å². The molecule has 1 aliphatic heterocycles. The number of aliphatic carboxylic acids is 1. The van der Waals surface area contributed by atoms with Crippen molar-refractivity contribution in [3.05, 3.63) is 23.8 Å². The number of benzene rings is 1. The lowest BCUT2D eigenvalue weighted by Crippen LogP contribution is -2.15. The van der Waals surface area contributed by atoms with Crippen LogP contribution in [0, 0.1) is 0 Å². The summed E-state index contributed by atoms with van der Waals surface area (Å²) in [6.45, 7) is 0. The van der Waals surface area contributed by atoms with Crippen LogP contribution in [0.3, 0.4) is 0 Å². The average Bonchev–Trinajstić information content (AvgIpc) is 2.54. The van der Waals surface area contributed by atoms with E-state index in [1.807, 2.05) is 0 Å². The summed E-state index contributed by atoms with van der Waals surface area (Å²) in [6, 6.07) is 5.14. The lowest BCUT2D eigenvalue weighted by Gasteiger charge is -2.06. The van der Waals surface area contributed by atoms with E-state index in [-0.39, 0.29) is 12.3 Å². The minimum atomic E-state index is -0.990. The Morgan fingerprint density at radius 3 is 2.94 bits per heavy atom. The van der Waals surface area contributed by atoms with E-state index in [4.69, 9.17) is 9.84 Å². The number of carbonyl (C=O) groups is 2. The van der Waals surface area contributed by atoms with Crippen molar-refractivity contribution in [3.63, 3.8) is 0 Å². The summed E-state index contributed by atoms with van der Waals surface area (Å²) in [5, 5.41) is 11.4. The maximum absolute atomic E-state index is 11.6. The Morgan fingerprint density at radius 1 is 1.56 bits per heavy atom. The van der Waals surface area contributed by atoms with Gasteiger partial charge in [-0.05, 0) is 23.8 Å². The third-order valence-electron chi connectivity index (χ3n) is 2.59. The molecule has 0 spiro atoms. The van der Waals surface area contributed by atoms with E-state index in [0.29, 0.717) is 17.0 Å². The van der Waals surface area contributed by atoms with Crippen molar-refractivity contribution < 1.29 is 19.4 Å². The normalized spacial score (nSPS) is 17.8. The second-order valence-electron chi connectivity index (χ2n) is 3.59. The predicted octanol–water partition coefficient (Wildman–Crippen LogP) is 1.21. The molecule has 0 bridgehead atoms. The van der Waals surface area contributed by atoms with Gasteiger partial charge in [0, 0.05) is 5.69 Å². The Labute approximate surface area is 92.0 Å². The van der Waals surface area contributed by atoms with Crippen molar-refractivity contribution in [3.8, 4) is 5.75 Å². The van der Waals surface area contributed by atoms with Crippen molar-refractivity contribution in [2.75, 3.05) is 12.4 Å². The van der Waals surface area contributed by atoms with Crippen molar-refractivity contribution in [2.45, 2.75) is 12.3 Å². The van der Waals surface area contributed by atoms with Gasteiger partial charge in [-0.2, -0.15) is 0 Å². The number of methoxy groups -OCH3 is 1. The number of fused-ring (bicyclic) bond motifs is 1. The standard InChI is InChI=1S/C11H11NO4/c1-16-6-2-3-9-7(4-6)8(5-10(13)14)11(15)12-9/h2-4,8H,5H2,1H3,(H,12,15)(H,13,14). The quantitative estimate of drug-likeness (QED) is 0.804. The lowest BCUT2D eigenvalue weighted by atomic mass is 9.97. The molecule has 16 heavy (non-hydrogen) atoms. The van der Waals surface area contributed by atoms with E-state index in [0.717, 1.165) is 0 Å². The molecule has 0 fully saturated rings. The zero-order chi connectivity index (χ0) is 11.7. The first-order valence-corrected chi connectivity index (χ1v) is 4.82. The molecule has 0 radical (unpaired) electrons. The number of hydrogen-bond acceptors (Lipinski definition) is 3. The van der Waals surface area contributed by atoms with Crippen LogP contribution >= 0.6 is 0 Å². The van der Waals surface area contributed by atoms with Gasteiger partial charge in [-0.25, -0.2) is 0 Å². The van der Waals surface area contributed by atoms with Gasteiger partial charge in [-0.3, -0.25) is 9.59 Å². The molecule has 0 saturated heterocycles. The predicted molar refractivity (Wildman–Crippen MR) is 56.6 cm³/mol. The lowest BCUT2D eigenvalue weighted by molar-refractivity contribution is -0.138. The first kappa shape index (κ1) is 10.5. The van der Waals surface area contributed by atoms with Gasteiger partial charge < -0.3 is 15.2 Å². The highest BCUT2D eigenvalue weighted by Crippen LogP contribution is 2.36. The highest BCUT2D eigenvalue weighted by atomic mass is 16.5. The maximum atomic E-state index is 11.6. The Morgan fingerprint density at radius 2 is 2.31 bits per heavy atom. The van der Waals surface area contributed by atoms with Gasteiger partial charge in [0.15, 0.2) is 0 Å². The highest BCUT2D eigenvalue weighted by Gasteiger charge is 2.32. The van der Waals surface area contributed by atoms with Crippen molar-refractivity contribution in [2.24, 2.45) is 0 Å². The summed E-state index contributed by atoms with van der Waals surface area (Å²) >= 11 is 0. The number of hydrogen-bond donors (Lipinski definition) is 2. The van der Waals surface area contributed by atoms with Crippen molar-refractivity contribution >= 4 is 17.6 Å². The number of nitrogens with one attached hydrogen (secondary N) is 1. The summed E-state index contributed by atoms with van der Waals surface area (Å²) in [6.07, 6.45) is -0.202. The Bertz CT molecular complexity index is 455. The SMILES string of the molecule is COc1ccc2c(c1)C(CC(=O)O)C(=O)N2. The van der Waals surface area contributed by atoms with Crippen LogP contribution in [0.2, 0.25) is 0 Å². The Kier molecular flexibility index (Phi) is 2.52. The molecule has 2 rings (SSSR count). The van der Waals surface area contributed by atoms with Crippen LogP contribution in [0.1, 0.15) is 17.9 Å². The number of carbonyl (C=O) groups excluding carboxylic acids is 1. The molecule has 0 aliphatic carbocycles. The van der Waals surface area contributed by atoms with Gasteiger partial charge in [0.05, 0.1) is 19.4 Å². The first-order chi connectivity index (χ1) is 7.61. The van der Waals surface area contributed by atoms with Crippen molar-refractivity contribution in [1.29, 1.82) is 0 Å². The average molecular weight is 221 g/mol. The molecule has 0 aromatic heterocycles. The van der Waals surface area contributed by atoms with E-state index in [1.165, 1.54) is 7.11 Å². The van der Waals surface area contributed by atoms with E-state index in [2.05, 4.69) is 5.32 Å². The smallest absolute Gasteiger partial charge is 0.304 e. The third kappa shape index (κ3) is 1.71. The summed E-state index contributed by atoms with van der Waals surface area (Å²) in [7, 11) is 1.53. The van der Waals surface area contributed by atoms with Crippen LogP contribution < -0.4 is 10.1 Å². The van der Waals surface area contributed by atoms with Gasteiger partial charge in [-0.1, -0.05) is 0 Å². The van der Waals surface area contributed by atoms with Crippen LogP contribution in [-0.4, -0.2) is 24.1 Å². The molecule has 1 atom stereocenters. The molecule has 1 heterocycles. The van der Waals surface area contributed by atoms with Crippen LogP contribution in [0.15, 0.2) is 18.2 Å². The van der Waals surface area contributed by atoms with Crippen LogP contribution in [0.25, 0.3) is 0 Å². The minimum Gasteiger partial charge on any atom is -0.497 e. The molecule has 1 aliphatic rings. The molecular weight excluding hydrogens is 210 g/mol. The number of amides is 1.